The van der Waals surface area contributed by atoms with E-state index in [9.17, 15) is 4.57 Å². The van der Waals surface area contributed by atoms with Crippen molar-refractivity contribution in [2.45, 2.75) is 20.0 Å². The Hall–Kier alpha value is -1.03. The summed E-state index contributed by atoms with van der Waals surface area (Å²) < 4.78 is 23.6. The van der Waals surface area contributed by atoms with E-state index in [-0.39, 0.29) is 6.16 Å². The molecule has 4 nitrogen and oxygen atoms in total. The summed E-state index contributed by atoms with van der Waals surface area (Å²) in [4.78, 5) is 0. The zero-order valence-corrected chi connectivity index (χ0v) is 16.0. The van der Waals surface area contributed by atoms with Crippen LogP contribution in [0, 0.1) is 0 Å². The third-order valence-corrected chi connectivity index (χ3v) is 5.92. The highest BCUT2D eigenvalue weighted by Gasteiger charge is 2.25. The molecule has 2 rings (SSSR count). The van der Waals surface area contributed by atoms with Crippen molar-refractivity contribution in [1.82, 2.24) is 0 Å². The van der Waals surface area contributed by atoms with Gasteiger partial charge in [-0.2, -0.15) is 0 Å². The Morgan fingerprint density at radius 2 is 1.54 bits per heavy atom. The molecule has 0 aliphatic rings. The van der Waals surface area contributed by atoms with Crippen LogP contribution in [-0.2, 0) is 19.8 Å². The first kappa shape index (κ1) is 19.3. The van der Waals surface area contributed by atoms with Crippen molar-refractivity contribution < 1.29 is 13.6 Å². The smallest absolute Gasteiger partial charge is 0.335 e. The third kappa shape index (κ3) is 4.98. The molecule has 130 valence electrons. The number of para-hydroxylation sites is 2. The van der Waals surface area contributed by atoms with Gasteiger partial charge in [-0.25, -0.2) is 0 Å². The highest BCUT2D eigenvalue weighted by Crippen LogP contribution is 2.52. The van der Waals surface area contributed by atoms with Crippen molar-refractivity contribution >= 4 is 42.2 Å². The molecule has 24 heavy (non-hydrogen) atoms. The predicted octanol–water partition coefficient (Wildman–Crippen LogP) is 6.50. The molecule has 0 unspecified atom stereocenters. The second kappa shape index (κ2) is 8.89. The zero-order valence-electron chi connectivity index (χ0n) is 13.6. The normalized spacial score (nSPS) is 11.5. The second-order valence-corrected chi connectivity index (χ2v) is 7.85. The lowest BCUT2D eigenvalue weighted by molar-refractivity contribution is 0.219. The third-order valence-electron chi connectivity index (χ3n) is 3.26. The fraction of sp³-hybridized carbons (Fsp3) is 0.294. The minimum Gasteiger partial charge on any atom is -0.353 e. The molecule has 0 heterocycles. The van der Waals surface area contributed by atoms with Gasteiger partial charge in [0.05, 0.1) is 35.1 Å². The van der Waals surface area contributed by atoms with Crippen LogP contribution in [0.15, 0.2) is 42.5 Å². The van der Waals surface area contributed by atoms with Gasteiger partial charge in [-0.3, -0.25) is 4.57 Å². The summed E-state index contributed by atoms with van der Waals surface area (Å²) in [7, 11) is -3.20. The molecule has 2 aromatic carbocycles. The quantitative estimate of drug-likeness (QED) is 0.524. The lowest BCUT2D eigenvalue weighted by atomic mass is 10.2. The number of hydrogen-bond acceptors (Lipinski definition) is 4. The van der Waals surface area contributed by atoms with Crippen LogP contribution in [-0.4, -0.2) is 13.2 Å². The predicted molar refractivity (Wildman–Crippen MR) is 101 cm³/mol. The first-order valence-corrected chi connectivity index (χ1v) is 10.1. The average molecular weight is 388 g/mol. The maximum atomic E-state index is 12.8. The van der Waals surface area contributed by atoms with E-state index in [1.165, 1.54) is 0 Å². The fourth-order valence-electron chi connectivity index (χ4n) is 2.26. The van der Waals surface area contributed by atoms with Crippen LogP contribution in [0.25, 0.3) is 0 Å². The molecule has 2 aromatic rings. The number of halogens is 2. The lowest BCUT2D eigenvalue weighted by Gasteiger charge is -2.19. The molecule has 1 N–H and O–H groups in total. The molecule has 0 spiro atoms. The van der Waals surface area contributed by atoms with Crippen LogP contribution in [0.3, 0.4) is 0 Å². The van der Waals surface area contributed by atoms with Gasteiger partial charge in [-0.05, 0) is 37.6 Å². The molecular weight excluding hydrogens is 368 g/mol. The summed E-state index contributed by atoms with van der Waals surface area (Å²) in [6.07, 6.45) is 0.167. The lowest BCUT2D eigenvalue weighted by Crippen LogP contribution is -2.02. The van der Waals surface area contributed by atoms with Crippen molar-refractivity contribution in [1.29, 1.82) is 0 Å². The molecule has 0 radical (unpaired) electrons. The summed E-state index contributed by atoms with van der Waals surface area (Å²) in [5.41, 5.74) is 2.17. The van der Waals surface area contributed by atoms with Crippen molar-refractivity contribution in [3.63, 3.8) is 0 Å². The molecule has 0 saturated carbocycles. The minimum atomic E-state index is -3.20. The Bertz CT molecular complexity index is 709. The van der Waals surface area contributed by atoms with Crippen LogP contribution in [0.2, 0.25) is 10.0 Å². The van der Waals surface area contributed by atoms with Crippen molar-refractivity contribution in [2.24, 2.45) is 0 Å². The number of nitrogens with one attached hydrogen (secondary N) is 1. The first-order valence-electron chi connectivity index (χ1n) is 7.66. The molecule has 0 fully saturated rings. The number of rotatable bonds is 8. The molecule has 0 saturated heterocycles. The van der Waals surface area contributed by atoms with Crippen molar-refractivity contribution in [2.75, 3.05) is 18.5 Å². The number of anilines is 2. The van der Waals surface area contributed by atoms with Crippen LogP contribution >= 0.6 is 30.8 Å². The van der Waals surface area contributed by atoms with E-state index in [2.05, 4.69) is 5.32 Å². The molecule has 0 aliphatic carbocycles. The van der Waals surface area contributed by atoms with Gasteiger partial charge in [0.25, 0.3) is 0 Å². The van der Waals surface area contributed by atoms with E-state index in [4.69, 9.17) is 32.2 Å². The SMILES string of the molecule is CCOP(=O)(Cc1ccccc1Nc1c(Cl)cccc1Cl)OCC. The zero-order chi connectivity index (χ0) is 17.6. The molecule has 0 amide bonds. The summed E-state index contributed by atoms with van der Waals surface area (Å²) in [5, 5.41) is 4.24. The molecule has 0 bridgehead atoms. The van der Waals surface area contributed by atoms with Crippen molar-refractivity contribution in [3.8, 4) is 0 Å². The summed E-state index contributed by atoms with van der Waals surface area (Å²) in [6.45, 7) is 4.23. The van der Waals surface area contributed by atoms with Crippen LogP contribution in [0.5, 0.6) is 0 Å². The Labute approximate surface area is 152 Å². The Morgan fingerprint density at radius 3 is 2.12 bits per heavy atom. The first-order chi connectivity index (χ1) is 11.5. The van der Waals surface area contributed by atoms with Gasteiger partial charge in [0.15, 0.2) is 0 Å². The van der Waals surface area contributed by atoms with E-state index in [0.29, 0.717) is 28.9 Å². The van der Waals surface area contributed by atoms with E-state index in [1.807, 2.05) is 24.3 Å². The van der Waals surface area contributed by atoms with E-state index in [0.717, 1.165) is 11.3 Å². The van der Waals surface area contributed by atoms with Gasteiger partial charge < -0.3 is 14.4 Å². The molecule has 0 aromatic heterocycles. The average Bonchev–Trinajstić information content (AvgIpc) is 2.53. The largest absolute Gasteiger partial charge is 0.353 e. The highest BCUT2D eigenvalue weighted by atomic mass is 35.5. The van der Waals surface area contributed by atoms with Gasteiger partial charge >= 0.3 is 7.60 Å². The Kier molecular flexibility index (Phi) is 7.15. The molecule has 0 aliphatic heterocycles. The molecule has 0 atom stereocenters. The van der Waals surface area contributed by atoms with Gasteiger partial charge in [0.1, 0.15) is 0 Å². The van der Waals surface area contributed by atoms with Crippen LogP contribution < -0.4 is 5.32 Å². The number of hydrogen-bond donors (Lipinski definition) is 1. The van der Waals surface area contributed by atoms with Gasteiger partial charge in [-0.1, -0.05) is 47.5 Å². The summed E-state index contributed by atoms with van der Waals surface area (Å²) in [5.74, 6) is 0. The molecule has 7 heteroatoms. The maximum absolute atomic E-state index is 12.8. The monoisotopic (exact) mass is 387 g/mol. The second-order valence-electron chi connectivity index (χ2n) is 4.98. The fourth-order valence-corrected chi connectivity index (χ4v) is 4.49. The van der Waals surface area contributed by atoms with E-state index < -0.39 is 7.60 Å². The van der Waals surface area contributed by atoms with Crippen LogP contribution in [0.4, 0.5) is 11.4 Å². The van der Waals surface area contributed by atoms with Gasteiger partial charge in [0, 0.05) is 5.69 Å². The Balaban J connectivity index is 2.32. The topological polar surface area (TPSA) is 47.6 Å². The van der Waals surface area contributed by atoms with Gasteiger partial charge in [-0.15, -0.1) is 0 Å². The summed E-state index contributed by atoms with van der Waals surface area (Å²) in [6, 6.07) is 12.8. The maximum Gasteiger partial charge on any atom is 0.335 e. The number of benzene rings is 2. The van der Waals surface area contributed by atoms with Gasteiger partial charge in [0.2, 0.25) is 0 Å². The molecular formula is C17H20Cl2NO3P. The highest BCUT2D eigenvalue weighted by molar-refractivity contribution is 7.53. The van der Waals surface area contributed by atoms with Crippen LogP contribution in [0.1, 0.15) is 19.4 Å². The minimum absolute atomic E-state index is 0.167. The van der Waals surface area contributed by atoms with E-state index >= 15 is 0 Å². The summed E-state index contributed by atoms with van der Waals surface area (Å²) >= 11 is 12.4. The Morgan fingerprint density at radius 1 is 0.958 bits per heavy atom. The standard InChI is InChI=1S/C17H20Cl2NO3P/c1-3-22-24(21,23-4-2)12-13-8-5-6-11-16(13)20-17-14(18)9-7-10-15(17)19/h5-11,20H,3-4,12H2,1-2H3. The van der Waals surface area contributed by atoms with E-state index in [1.54, 1.807) is 32.0 Å². The van der Waals surface area contributed by atoms with Crippen molar-refractivity contribution in [3.05, 3.63) is 58.1 Å².